The number of carbonyl (C=O) groups is 1. The molecule has 0 unspecified atom stereocenters. The zero-order valence-corrected chi connectivity index (χ0v) is 10.8. The molecule has 3 N–H and O–H groups in total. The molecule has 0 bridgehead atoms. The summed E-state index contributed by atoms with van der Waals surface area (Å²) in [5, 5.41) is 13.5. The number of non-ortho nitro benzene ring substituents is 1. The minimum atomic E-state index is -0.538. The average molecular weight is 263 g/mol. The molecule has 2 rings (SSSR count). The van der Waals surface area contributed by atoms with Crippen LogP contribution in [0.3, 0.4) is 0 Å². The summed E-state index contributed by atoms with van der Waals surface area (Å²) in [5.41, 5.74) is 6.14. The fourth-order valence-electron chi connectivity index (χ4n) is 2.20. The zero-order chi connectivity index (χ0) is 14.0. The van der Waals surface area contributed by atoms with Crippen molar-refractivity contribution in [2.24, 2.45) is 5.41 Å². The Morgan fingerprint density at radius 3 is 2.74 bits per heavy atom. The lowest BCUT2D eigenvalue weighted by Gasteiger charge is -2.38. The Bertz CT molecular complexity index is 524. The molecular weight excluding hydrogens is 246 g/mol. The fraction of sp³-hybridized carbons (Fsp3) is 0.462. The van der Waals surface area contributed by atoms with Crippen LogP contribution in [0.5, 0.6) is 0 Å². The van der Waals surface area contributed by atoms with Gasteiger partial charge in [0.05, 0.1) is 10.5 Å². The van der Waals surface area contributed by atoms with E-state index in [0.29, 0.717) is 6.54 Å². The second-order valence-electron chi connectivity index (χ2n) is 5.38. The number of amides is 1. The van der Waals surface area contributed by atoms with Crippen molar-refractivity contribution in [2.45, 2.75) is 26.2 Å². The Hall–Kier alpha value is -2.11. The molecule has 1 aliphatic rings. The molecule has 102 valence electrons. The molecule has 0 heterocycles. The second-order valence-corrected chi connectivity index (χ2v) is 5.38. The van der Waals surface area contributed by atoms with Gasteiger partial charge in [-0.15, -0.1) is 0 Å². The largest absolute Gasteiger partial charge is 0.398 e. The van der Waals surface area contributed by atoms with Gasteiger partial charge in [-0.05, 0) is 24.3 Å². The highest BCUT2D eigenvalue weighted by Crippen LogP contribution is 2.39. The standard InChI is InChI=1S/C13H17N3O3/c1-13(5-2-6-13)8-15-12(17)10-7-9(16(18)19)3-4-11(10)14/h3-4,7H,2,5-6,8,14H2,1H3,(H,15,17). The van der Waals surface area contributed by atoms with Crippen LogP contribution in [0.25, 0.3) is 0 Å². The maximum atomic E-state index is 12.0. The molecule has 1 saturated carbocycles. The molecule has 1 aromatic rings. The van der Waals surface area contributed by atoms with Gasteiger partial charge in [-0.3, -0.25) is 14.9 Å². The highest BCUT2D eigenvalue weighted by molar-refractivity contribution is 5.99. The van der Waals surface area contributed by atoms with Crippen LogP contribution in [0.4, 0.5) is 11.4 Å². The number of hydrogen-bond acceptors (Lipinski definition) is 4. The van der Waals surface area contributed by atoms with Crippen molar-refractivity contribution in [1.82, 2.24) is 5.32 Å². The highest BCUT2D eigenvalue weighted by Gasteiger charge is 2.32. The third kappa shape index (κ3) is 2.83. The van der Waals surface area contributed by atoms with Crippen molar-refractivity contribution in [3.8, 4) is 0 Å². The van der Waals surface area contributed by atoms with Crippen LogP contribution >= 0.6 is 0 Å². The number of anilines is 1. The molecule has 1 aliphatic carbocycles. The van der Waals surface area contributed by atoms with E-state index in [1.807, 2.05) is 0 Å². The number of hydrogen-bond donors (Lipinski definition) is 2. The first kappa shape index (κ1) is 13.3. The van der Waals surface area contributed by atoms with E-state index in [4.69, 9.17) is 5.73 Å². The lowest BCUT2D eigenvalue weighted by Crippen LogP contribution is -2.40. The van der Waals surface area contributed by atoms with Gasteiger partial charge in [-0.25, -0.2) is 0 Å². The van der Waals surface area contributed by atoms with Crippen molar-refractivity contribution in [3.63, 3.8) is 0 Å². The molecule has 0 radical (unpaired) electrons. The van der Waals surface area contributed by atoms with Crippen molar-refractivity contribution in [3.05, 3.63) is 33.9 Å². The summed E-state index contributed by atoms with van der Waals surface area (Å²) in [6, 6.07) is 3.89. The van der Waals surface area contributed by atoms with E-state index in [1.165, 1.54) is 24.6 Å². The van der Waals surface area contributed by atoms with E-state index in [-0.39, 0.29) is 28.3 Å². The Morgan fingerprint density at radius 1 is 1.53 bits per heavy atom. The maximum absolute atomic E-state index is 12.0. The van der Waals surface area contributed by atoms with Crippen molar-refractivity contribution in [1.29, 1.82) is 0 Å². The number of nitro groups is 1. The number of nitrogens with zero attached hydrogens (tertiary/aromatic N) is 1. The van der Waals surface area contributed by atoms with Crippen LogP contribution in [0.1, 0.15) is 36.5 Å². The number of nitrogens with one attached hydrogen (secondary N) is 1. The smallest absolute Gasteiger partial charge is 0.270 e. The number of nitrogens with two attached hydrogens (primary N) is 1. The molecule has 6 heteroatoms. The third-order valence-corrected chi connectivity index (χ3v) is 3.73. The van der Waals surface area contributed by atoms with Crippen LogP contribution in [0, 0.1) is 15.5 Å². The molecular formula is C13H17N3O3. The third-order valence-electron chi connectivity index (χ3n) is 3.73. The molecule has 0 spiro atoms. The van der Waals surface area contributed by atoms with Gasteiger partial charge in [-0.2, -0.15) is 0 Å². The van der Waals surface area contributed by atoms with Crippen LogP contribution in [0.15, 0.2) is 18.2 Å². The quantitative estimate of drug-likeness (QED) is 0.493. The first-order valence-corrected chi connectivity index (χ1v) is 6.23. The van der Waals surface area contributed by atoms with Crippen LogP contribution in [-0.4, -0.2) is 17.4 Å². The average Bonchev–Trinajstić information content (AvgIpc) is 2.34. The zero-order valence-electron chi connectivity index (χ0n) is 10.8. The lowest BCUT2D eigenvalue weighted by atomic mass is 9.70. The van der Waals surface area contributed by atoms with E-state index in [9.17, 15) is 14.9 Å². The maximum Gasteiger partial charge on any atom is 0.270 e. The number of carbonyl (C=O) groups excluding carboxylic acids is 1. The number of nitrogen functional groups attached to an aromatic ring is 1. The van der Waals surface area contributed by atoms with E-state index in [1.54, 1.807) is 0 Å². The summed E-state index contributed by atoms with van der Waals surface area (Å²) in [6.45, 7) is 2.70. The molecule has 19 heavy (non-hydrogen) atoms. The molecule has 0 aromatic heterocycles. The van der Waals surface area contributed by atoms with Gasteiger partial charge >= 0.3 is 0 Å². The Labute approximate surface area is 111 Å². The summed E-state index contributed by atoms with van der Waals surface area (Å²) in [6.07, 6.45) is 3.38. The fourth-order valence-corrected chi connectivity index (χ4v) is 2.20. The second kappa shape index (κ2) is 4.87. The highest BCUT2D eigenvalue weighted by atomic mass is 16.6. The molecule has 0 aliphatic heterocycles. The van der Waals surface area contributed by atoms with Gasteiger partial charge in [0.2, 0.25) is 0 Å². The predicted octanol–water partition coefficient (Wildman–Crippen LogP) is 2.10. The minimum absolute atomic E-state index is 0.130. The number of nitro benzene ring substituents is 1. The van der Waals surface area contributed by atoms with Gasteiger partial charge in [0.15, 0.2) is 0 Å². The Morgan fingerprint density at radius 2 is 2.21 bits per heavy atom. The van der Waals surface area contributed by atoms with Gasteiger partial charge in [0.25, 0.3) is 11.6 Å². The van der Waals surface area contributed by atoms with E-state index >= 15 is 0 Å². The number of rotatable bonds is 4. The topological polar surface area (TPSA) is 98.3 Å². The molecule has 1 amide bonds. The summed E-state index contributed by atoms with van der Waals surface area (Å²) in [4.78, 5) is 22.2. The van der Waals surface area contributed by atoms with Gasteiger partial charge < -0.3 is 11.1 Å². The summed E-state index contributed by atoms with van der Waals surface area (Å²) >= 11 is 0. The summed E-state index contributed by atoms with van der Waals surface area (Å²) in [5.74, 6) is -0.352. The lowest BCUT2D eigenvalue weighted by molar-refractivity contribution is -0.384. The Balaban J connectivity index is 2.09. The SMILES string of the molecule is CC1(CNC(=O)c2cc([N+](=O)[O-])ccc2N)CCC1. The van der Waals surface area contributed by atoms with Crippen LogP contribution in [-0.2, 0) is 0 Å². The summed E-state index contributed by atoms with van der Waals surface area (Å²) in [7, 11) is 0. The number of benzene rings is 1. The van der Waals surface area contributed by atoms with Crippen LogP contribution in [0.2, 0.25) is 0 Å². The molecule has 1 fully saturated rings. The van der Waals surface area contributed by atoms with E-state index in [0.717, 1.165) is 12.8 Å². The normalized spacial score (nSPS) is 16.5. The van der Waals surface area contributed by atoms with E-state index < -0.39 is 4.92 Å². The minimum Gasteiger partial charge on any atom is -0.398 e. The van der Waals surface area contributed by atoms with Crippen molar-refractivity contribution in [2.75, 3.05) is 12.3 Å². The van der Waals surface area contributed by atoms with Gasteiger partial charge in [0.1, 0.15) is 0 Å². The Kier molecular flexibility index (Phi) is 3.42. The van der Waals surface area contributed by atoms with Gasteiger partial charge in [0, 0.05) is 24.4 Å². The monoisotopic (exact) mass is 263 g/mol. The first-order valence-electron chi connectivity index (χ1n) is 6.23. The summed E-state index contributed by atoms with van der Waals surface area (Å²) < 4.78 is 0. The van der Waals surface area contributed by atoms with Gasteiger partial charge in [-0.1, -0.05) is 13.3 Å². The van der Waals surface area contributed by atoms with Crippen LogP contribution < -0.4 is 11.1 Å². The van der Waals surface area contributed by atoms with Crippen molar-refractivity contribution >= 4 is 17.3 Å². The van der Waals surface area contributed by atoms with E-state index in [2.05, 4.69) is 12.2 Å². The molecule has 0 saturated heterocycles. The van der Waals surface area contributed by atoms with Crippen molar-refractivity contribution < 1.29 is 9.72 Å². The first-order chi connectivity index (χ1) is 8.91. The molecule has 0 atom stereocenters. The molecule has 6 nitrogen and oxygen atoms in total. The predicted molar refractivity (Wildman–Crippen MR) is 71.8 cm³/mol. The molecule has 1 aromatic carbocycles.